The SMILES string of the molecule is N#CCCNC(=O)CNCCCOCC1CC1. The summed E-state index contributed by atoms with van der Waals surface area (Å²) in [6, 6.07) is 1.98. The Hall–Kier alpha value is -1.12. The first-order valence-corrected chi connectivity index (χ1v) is 6.25. The number of ether oxygens (including phenoxy) is 1. The minimum Gasteiger partial charge on any atom is -0.381 e. The molecule has 1 fully saturated rings. The molecule has 0 radical (unpaired) electrons. The molecule has 0 unspecified atom stereocenters. The molecule has 0 aromatic heterocycles. The number of amides is 1. The molecule has 0 atom stereocenters. The number of hydrogen-bond donors (Lipinski definition) is 2. The minimum absolute atomic E-state index is 0.0563. The van der Waals surface area contributed by atoms with E-state index in [0.717, 1.165) is 32.1 Å². The van der Waals surface area contributed by atoms with E-state index >= 15 is 0 Å². The molecule has 0 aromatic carbocycles. The first kappa shape index (κ1) is 13.9. The van der Waals surface area contributed by atoms with Crippen LogP contribution in [0.1, 0.15) is 25.7 Å². The van der Waals surface area contributed by atoms with Crippen molar-refractivity contribution in [3.05, 3.63) is 0 Å². The summed E-state index contributed by atoms with van der Waals surface area (Å²) in [6.07, 6.45) is 3.93. The number of rotatable bonds is 10. The highest BCUT2D eigenvalue weighted by Gasteiger charge is 2.20. The Labute approximate surface area is 103 Å². The Kier molecular flexibility index (Phi) is 7.35. The number of nitrogens with one attached hydrogen (secondary N) is 2. The molecule has 0 saturated heterocycles. The smallest absolute Gasteiger partial charge is 0.233 e. The van der Waals surface area contributed by atoms with Crippen molar-refractivity contribution in [1.82, 2.24) is 10.6 Å². The molecule has 1 aliphatic carbocycles. The van der Waals surface area contributed by atoms with Crippen LogP contribution in [0.2, 0.25) is 0 Å². The lowest BCUT2D eigenvalue weighted by molar-refractivity contribution is -0.120. The summed E-state index contributed by atoms with van der Waals surface area (Å²) in [6.45, 7) is 3.19. The predicted molar refractivity (Wildman–Crippen MR) is 64.3 cm³/mol. The third kappa shape index (κ3) is 8.66. The van der Waals surface area contributed by atoms with Crippen LogP contribution < -0.4 is 10.6 Å². The fraction of sp³-hybridized carbons (Fsp3) is 0.833. The highest BCUT2D eigenvalue weighted by Crippen LogP contribution is 2.28. The number of nitriles is 1. The Morgan fingerprint density at radius 2 is 2.24 bits per heavy atom. The van der Waals surface area contributed by atoms with Crippen LogP contribution in [-0.4, -0.2) is 38.8 Å². The molecule has 1 aliphatic rings. The molecule has 1 amide bonds. The van der Waals surface area contributed by atoms with Gasteiger partial charge in [0, 0.05) is 19.8 Å². The lowest BCUT2D eigenvalue weighted by atomic mass is 10.4. The fourth-order valence-corrected chi connectivity index (χ4v) is 1.36. The maximum atomic E-state index is 11.2. The molecular weight excluding hydrogens is 218 g/mol. The number of nitrogens with zero attached hydrogens (tertiary/aromatic N) is 1. The molecular formula is C12H21N3O2. The summed E-state index contributed by atoms with van der Waals surface area (Å²) >= 11 is 0. The van der Waals surface area contributed by atoms with Gasteiger partial charge in [-0.25, -0.2) is 0 Å². The van der Waals surface area contributed by atoms with E-state index < -0.39 is 0 Å². The lowest BCUT2D eigenvalue weighted by Gasteiger charge is -2.05. The number of carbonyl (C=O) groups is 1. The van der Waals surface area contributed by atoms with Gasteiger partial charge >= 0.3 is 0 Å². The lowest BCUT2D eigenvalue weighted by Crippen LogP contribution is -2.34. The number of hydrogen-bond acceptors (Lipinski definition) is 4. The molecule has 0 aliphatic heterocycles. The Morgan fingerprint density at radius 1 is 1.41 bits per heavy atom. The normalized spacial score (nSPS) is 14.3. The highest BCUT2D eigenvalue weighted by molar-refractivity contribution is 5.77. The average molecular weight is 239 g/mol. The van der Waals surface area contributed by atoms with Gasteiger partial charge in [0.05, 0.1) is 19.0 Å². The van der Waals surface area contributed by atoms with E-state index in [4.69, 9.17) is 10.00 Å². The van der Waals surface area contributed by atoms with E-state index in [1.807, 2.05) is 6.07 Å². The molecule has 0 spiro atoms. The maximum absolute atomic E-state index is 11.2. The quantitative estimate of drug-likeness (QED) is 0.542. The summed E-state index contributed by atoms with van der Waals surface area (Å²) in [7, 11) is 0. The second-order valence-electron chi connectivity index (χ2n) is 4.31. The Morgan fingerprint density at radius 3 is 2.94 bits per heavy atom. The standard InChI is InChI=1S/C12H21N3O2/c13-5-1-7-15-12(16)9-14-6-2-8-17-10-11-3-4-11/h11,14H,1-4,6-10H2,(H,15,16). The van der Waals surface area contributed by atoms with E-state index in [-0.39, 0.29) is 5.91 Å². The topological polar surface area (TPSA) is 74.2 Å². The average Bonchev–Trinajstić information content (AvgIpc) is 3.12. The van der Waals surface area contributed by atoms with Gasteiger partial charge in [0.2, 0.25) is 5.91 Å². The van der Waals surface area contributed by atoms with Crippen molar-refractivity contribution >= 4 is 5.91 Å². The van der Waals surface area contributed by atoms with Gasteiger partial charge in [-0.3, -0.25) is 4.79 Å². The zero-order valence-corrected chi connectivity index (χ0v) is 10.2. The molecule has 0 heterocycles. The third-order valence-corrected chi connectivity index (χ3v) is 2.54. The number of carbonyl (C=O) groups excluding carboxylic acids is 1. The van der Waals surface area contributed by atoms with Crippen molar-refractivity contribution in [1.29, 1.82) is 5.26 Å². The van der Waals surface area contributed by atoms with Gasteiger partial charge in [-0.1, -0.05) is 0 Å². The molecule has 17 heavy (non-hydrogen) atoms. The molecule has 5 nitrogen and oxygen atoms in total. The molecule has 5 heteroatoms. The van der Waals surface area contributed by atoms with E-state index in [1.165, 1.54) is 12.8 Å². The van der Waals surface area contributed by atoms with Gasteiger partial charge < -0.3 is 15.4 Å². The predicted octanol–water partition coefficient (Wildman–Crippen LogP) is 0.423. The molecule has 96 valence electrons. The highest BCUT2D eigenvalue weighted by atomic mass is 16.5. The second kappa shape index (κ2) is 8.97. The van der Waals surface area contributed by atoms with E-state index in [9.17, 15) is 4.79 Å². The summed E-state index contributed by atoms with van der Waals surface area (Å²) in [5, 5.41) is 14.0. The van der Waals surface area contributed by atoms with Crippen LogP contribution in [0.4, 0.5) is 0 Å². The van der Waals surface area contributed by atoms with Crippen LogP contribution in [0.5, 0.6) is 0 Å². The molecule has 1 saturated carbocycles. The van der Waals surface area contributed by atoms with Gasteiger partial charge in [0.15, 0.2) is 0 Å². The van der Waals surface area contributed by atoms with Crippen LogP contribution in [0.25, 0.3) is 0 Å². The minimum atomic E-state index is -0.0563. The zero-order valence-electron chi connectivity index (χ0n) is 10.2. The first-order valence-electron chi connectivity index (χ1n) is 6.25. The maximum Gasteiger partial charge on any atom is 0.233 e. The van der Waals surface area contributed by atoms with Crippen molar-refractivity contribution < 1.29 is 9.53 Å². The van der Waals surface area contributed by atoms with Gasteiger partial charge in [0.25, 0.3) is 0 Å². The van der Waals surface area contributed by atoms with Crippen LogP contribution in [0, 0.1) is 17.2 Å². The van der Waals surface area contributed by atoms with Crippen LogP contribution in [0.15, 0.2) is 0 Å². The summed E-state index contributed by atoms with van der Waals surface area (Å²) < 4.78 is 5.47. The Bertz CT molecular complexity index is 259. The van der Waals surface area contributed by atoms with E-state index in [1.54, 1.807) is 0 Å². The van der Waals surface area contributed by atoms with Crippen LogP contribution in [0.3, 0.4) is 0 Å². The first-order chi connectivity index (χ1) is 8.33. The van der Waals surface area contributed by atoms with E-state index in [0.29, 0.717) is 19.5 Å². The zero-order chi connectivity index (χ0) is 12.3. The molecule has 0 aromatic rings. The van der Waals surface area contributed by atoms with Gasteiger partial charge in [0.1, 0.15) is 0 Å². The molecule has 1 rings (SSSR count). The van der Waals surface area contributed by atoms with Crippen molar-refractivity contribution in [2.45, 2.75) is 25.7 Å². The molecule has 0 bridgehead atoms. The fourth-order valence-electron chi connectivity index (χ4n) is 1.36. The van der Waals surface area contributed by atoms with Crippen molar-refractivity contribution in [3.8, 4) is 6.07 Å². The van der Waals surface area contributed by atoms with Crippen molar-refractivity contribution in [2.75, 3.05) is 32.8 Å². The van der Waals surface area contributed by atoms with Gasteiger partial charge in [-0.2, -0.15) is 5.26 Å². The van der Waals surface area contributed by atoms with Crippen molar-refractivity contribution in [2.24, 2.45) is 5.92 Å². The Balaban J connectivity index is 1.76. The van der Waals surface area contributed by atoms with Gasteiger partial charge in [-0.05, 0) is 31.7 Å². The van der Waals surface area contributed by atoms with Crippen molar-refractivity contribution in [3.63, 3.8) is 0 Å². The summed E-state index contributed by atoms with van der Waals surface area (Å²) in [4.78, 5) is 11.2. The monoisotopic (exact) mass is 239 g/mol. The van der Waals surface area contributed by atoms with Crippen LogP contribution >= 0.6 is 0 Å². The largest absolute Gasteiger partial charge is 0.381 e. The summed E-state index contributed by atoms with van der Waals surface area (Å²) in [5.74, 6) is 0.757. The summed E-state index contributed by atoms with van der Waals surface area (Å²) in [5.41, 5.74) is 0. The van der Waals surface area contributed by atoms with E-state index in [2.05, 4.69) is 10.6 Å². The molecule has 2 N–H and O–H groups in total. The van der Waals surface area contributed by atoms with Gasteiger partial charge in [-0.15, -0.1) is 0 Å². The third-order valence-electron chi connectivity index (χ3n) is 2.54. The van der Waals surface area contributed by atoms with Crippen LogP contribution in [-0.2, 0) is 9.53 Å². The second-order valence-corrected chi connectivity index (χ2v) is 4.31.